The van der Waals surface area contributed by atoms with Crippen LogP contribution in [-0.4, -0.2) is 33.1 Å². The average molecular weight is 246 g/mol. The molecule has 0 aliphatic rings. The van der Waals surface area contributed by atoms with Crippen LogP contribution in [0, 0.1) is 13.8 Å². The molecular formula is C12H14N4O2. The summed E-state index contributed by atoms with van der Waals surface area (Å²) in [6.45, 7) is 3.93. The molecule has 0 aliphatic carbocycles. The summed E-state index contributed by atoms with van der Waals surface area (Å²) in [5.74, 6) is -0.849. The summed E-state index contributed by atoms with van der Waals surface area (Å²) >= 11 is 0. The van der Waals surface area contributed by atoms with Gasteiger partial charge in [-0.1, -0.05) is 17.7 Å². The molecule has 0 amide bonds. The molecule has 0 atom stereocenters. The quantitative estimate of drug-likeness (QED) is 0.860. The predicted octanol–water partition coefficient (Wildman–Crippen LogP) is 1.62. The number of carbonyl (C=O) groups is 1. The van der Waals surface area contributed by atoms with Gasteiger partial charge in [0, 0.05) is 7.05 Å². The molecule has 1 aromatic carbocycles. The SMILES string of the molecule is CNc1nn(-c2ccc(C)cc2C)nc1C(=O)O. The zero-order valence-corrected chi connectivity index (χ0v) is 10.4. The second-order valence-electron chi connectivity index (χ2n) is 4.03. The summed E-state index contributed by atoms with van der Waals surface area (Å²) in [6.07, 6.45) is 0. The number of carboxylic acids is 1. The number of hydrogen-bond acceptors (Lipinski definition) is 4. The molecule has 1 aromatic heterocycles. The lowest BCUT2D eigenvalue weighted by Crippen LogP contribution is -2.04. The van der Waals surface area contributed by atoms with Crippen molar-refractivity contribution in [1.82, 2.24) is 15.0 Å². The Bertz CT molecular complexity index is 604. The van der Waals surface area contributed by atoms with Gasteiger partial charge in [-0.15, -0.1) is 15.0 Å². The Morgan fingerprint density at radius 1 is 1.33 bits per heavy atom. The number of carboxylic acid groups (broad SMARTS) is 1. The first kappa shape index (κ1) is 12.1. The van der Waals surface area contributed by atoms with E-state index in [1.165, 1.54) is 4.80 Å². The number of aromatic carboxylic acids is 1. The molecule has 0 bridgehead atoms. The van der Waals surface area contributed by atoms with Gasteiger partial charge in [-0.3, -0.25) is 0 Å². The molecule has 0 saturated heterocycles. The molecule has 6 heteroatoms. The fourth-order valence-corrected chi connectivity index (χ4v) is 1.76. The molecule has 2 N–H and O–H groups in total. The number of nitrogens with one attached hydrogen (secondary N) is 1. The summed E-state index contributed by atoms with van der Waals surface area (Å²) in [6, 6.07) is 5.80. The molecule has 18 heavy (non-hydrogen) atoms. The first-order valence-corrected chi connectivity index (χ1v) is 5.49. The van der Waals surface area contributed by atoms with Gasteiger partial charge in [-0.2, -0.15) is 0 Å². The van der Waals surface area contributed by atoms with Gasteiger partial charge >= 0.3 is 5.97 Å². The summed E-state index contributed by atoms with van der Waals surface area (Å²) in [5, 5.41) is 19.8. The zero-order chi connectivity index (χ0) is 13.3. The predicted molar refractivity (Wildman–Crippen MR) is 67.3 cm³/mol. The minimum absolute atomic E-state index is 0.0857. The van der Waals surface area contributed by atoms with Crippen LogP contribution in [0.1, 0.15) is 21.6 Å². The molecule has 0 unspecified atom stereocenters. The third-order valence-electron chi connectivity index (χ3n) is 2.62. The van der Waals surface area contributed by atoms with E-state index in [1.54, 1.807) is 7.05 Å². The van der Waals surface area contributed by atoms with E-state index in [4.69, 9.17) is 5.11 Å². The van der Waals surface area contributed by atoms with Gasteiger partial charge in [0.1, 0.15) is 0 Å². The average Bonchev–Trinajstić information content (AvgIpc) is 2.73. The van der Waals surface area contributed by atoms with E-state index in [9.17, 15) is 4.79 Å². The van der Waals surface area contributed by atoms with Crippen LogP contribution < -0.4 is 5.32 Å². The molecular weight excluding hydrogens is 232 g/mol. The van der Waals surface area contributed by atoms with Crippen LogP contribution >= 0.6 is 0 Å². The summed E-state index contributed by atoms with van der Waals surface area (Å²) in [5.41, 5.74) is 2.81. The van der Waals surface area contributed by atoms with Crippen LogP contribution in [0.15, 0.2) is 18.2 Å². The smallest absolute Gasteiger partial charge is 0.360 e. The van der Waals surface area contributed by atoms with E-state index < -0.39 is 5.97 Å². The maximum absolute atomic E-state index is 11.0. The highest BCUT2D eigenvalue weighted by atomic mass is 16.4. The molecule has 1 heterocycles. The van der Waals surface area contributed by atoms with Crippen molar-refractivity contribution in [3.63, 3.8) is 0 Å². The van der Waals surface area contributed by atoms with Crippen LogP contribution in [0.4, 0.5) is 5.82 Å². The number of anilines is 1. The van der Waals surface area contributed by atoms with Crippen LogP contribution in [0.25, 0.3) is 5.69 Å². The number of hydrogen-bond donors (Lipinski definition) is 2. The van der Waals surface area contributed by atoms with Gasteiger partial charge in [-0.05, 0) is 25.5 Å². The third-order valence-corrected chi connectivity index (χ3v) is 2.62. The standard InChI is InChI=1S/C12H14N4O2/c1-7-4-5-9(8(2)6-7)16-14-10(12(17)18)11(13-3)15-16/h4-6H,1-3H3,(H,13,15)(H,17,18). The Labute approximate surface area is 104 Å². The van der Waals surface area contributed by atoms with Crippen molar-refractivity contribution in [2.45, 2.75) is 13.8 Å². The molecule has 0 saturated carbocycles. The molecule has 0 radical (unpaired) electrons. The zero-order valence-electron chi connectivity index (χ0n) is 10.4. The number of aromatic nitrogens is 3. The fourth-order valence-electron chi connectivity index (χ4n) is 1.76. The second-order valence-corrected chi connectivity index (χ2v) is 4.03. The monoisotopic (exact) mass is 246 g/mol. The molecule has 0 spiro atoms. The minimum atomic E-state index is -1.10. The first-order valence-electron chi connectivity index (χ1n) is 5.49. The van der Waals surface area contributed by atoms with Crippen LogP contribution in [-0.2, 0) is 0 Å². The fraction of sp³-hybridized carbons (Fsp3) is 0.250. The van der Waals surface area contributed by atoms with E-state index in [-0.39, 0.29) is 11.5 Å². The highest BCUT2D eigenvalue weighted by Crippen LogP contribution is 2.17. The lowest BCUT2D eigenvalue weighted by molar-refractivity contribution is 0.0691. The van der Waals surface area contributed by atoms with Gasteiger partial charge < -0.3 is 10.4 Å². The molecule has 2 rings (SSSR count). The topological polar surface area (TPSA) is 80.0 Å². The van der Waals surface area contributed by atoms with Gasteiger partial charge in [0.2, 0.25) is 5.69 Å². The van der Waals surface area contributed by atoms with Gasteiger partial charge in [0.25, 0.3) is 0 Å². The Kier molecular flexibility index (Phi) is 3.01. The van der Waals surface area contributed by atoms with Crippen molar-refractivity contribution in [1.29, 1.82) is 0 Å². The largest absolute Gasteiger partial charge is 0.476 e. The number of rotatable bonds is 3. The number of nitrogens with zero attached hydrogens (tertiary/aromatic N) is 3. The number of aryl methyl sites for hydroxylation is 2. The van der Waals surface area contributed by atoms with E-state index in [2.05, 4.69) is 15.5 Å². The highest BCUT2D eigenvalue weighted by molar-refractivity contribution is 5.90. The second kappa shape index (κ2) is 4.48. The van der Waals surface area contributed by atoms with Crippen molar-refractivity contribution >= 4 is 11.8 Å². The van der Waals surface area contributed by atoms with E-state index in [0.29, 0.717) is 0 Å². The Balaban J connectivity index is 2.54. The Morgan fingerprint density at radius 3 is 2.56 bits per heavy atom. The lowest BCUT2D eigenvalue weighted by atomic mass is 10.1. The van der Waals surface area contributed by atoms with E-state index in [1.807, 2.05) is 32.0 Å². The molecule has 2 aromatic rings. The first-order chi connectivity index (χ1) is 8.52. The normalized spacial score (nSPS) is 10.4. The van der Waals surface area contributed by atoms with Crippen molar-refractivity contribution in [2.75, 3.05) is 12.4 Å². The Morgan fingerprint density at radius 2 is 2.06 bits per heavy atom. The summed E-state index contributed by atoms with van der Waals surface area (Å²) in [4.78, 5) is 12.3. The third kappa shape index (κ3) is 2.04. The van der Waals surface area contributed by atoms with Crippen molar-refractivity contribution in [2.24, 2.45) is 0 Å². The molecule has 0 fully saturated rings. The molecule has 94 valence electrons. The van der Waals surface area contributed by atoms with Crippen LogP contribution in [0.5, 0.6) is 0 Å². The number of benzene rings is 1. The van der Waals surface area contributed by atoms with Crippen LogP contribution in [0.3, 0.4) is 0 Å². The van der Waals surface area contributed by atoms with Crippen LogP contribution in [0.2, 0.25) is 0 Å². The van der Waals surface area contributed by atoms with Gasteiger partial charge in [-0.25, -0.2) is 4.79 Å². The Hall–Kier alpha value is -2.37. The van der Waals surface area contributed by atoms with Crippen molar-refractivity contribution in [3.05, 3.63) is 35.0 Å². The van der Waals surface area contributed by atoms with Crippen molar-refractivity contribution < 1.29 is 9.90 Å². The highest BCUT2D eigenvalue weighted by Gasteiger charge is 2.17. The lowest BCUT2D eigenvalue weighted by Gasteiger charge is -2.04. The van der Waals surface area contributed by atoms with E-state index in [0.717, 1.165) is 16.8 Å². The molecule has 6 nitrogen and oxygen atoms in total. The summed E-state index contributed by atoms with van der Waals surface area (Å²) in [7, 11) is 1.61. The maximum atomic E-state index is 11.0. The van der Waals surface area contributed by atoms with E-state index >= 15 is 0 Å². The van der Waals surface area contributed by atoms with Gasteiger partial charge in [0.15, 0.2) is 5.82 Å². The van der Waals surface area contributed by atoms with Crippen molar-refractivity contribution in [3.8, 4) is 5.69 Å². The minimum Gasteiger partial charge on any atom is -0.476 e. The molecule has 0 aliphatic heterocycles. The van der Waals surface area contributed by atoms with Gasteiger partial charge in [0.05, 0.1) is 5.69 Å². The summed E-state index contributed by atoms with van der Waals surface area (Å²) < 4.78 is 0. The maximum Gasteiger partial charge on any atom is 0.360 e.